The van der Waals surface area contributed by atoms with Crippen LogP contribution in [0.4, 0.5) is 17.1 Å². The fourth-order valence-corrected chi connectivity index (χ4v) is 9.41. The van der Waals surface area contributed by atoms with E-state index in [4.69, 9.17) is 4.74 Å². The smallest absolute Gasteiger partial charge is 0.132 e. The van der Waals surface area contributed by atoms with Crippen LogP contribution in [0.1, 0.15) is 22.3 Å². The Morgan fingerprint density at radius 3 is 1.25 bits per heavy atom. The molecule has 0 N–H and O–H groups in total. The van der Waals surface area contributed by atoms with Crippen LogP contribution in [-0.4, -0.2) is 0 Å². The zero-order valence-electron chi connectivity index (χ0n) is 31.2. The van der Waals surface area contributed by atoms with Crippen molar-refractivity contribution >= 4 is 17.1 Å². The van der Waals surface area contributed by atoms with Gasteiger partial charge in [-0.15, -0.1) is 0 Å². The Morgan fingerprint density at radius 1 is 0.298 bits per heavy atom. The van der Waals surface area contributed by atoms with Crippen molar-refractivity contribution in [2.24, 2.45) is 0 Å². The van der Waals surface area contributed by atoms with Crippen LogP contribution in [0.15, 0.2) is 224 Å². The third-order valence-electron chi connectivity index (χ3n) is 11.8. The number of ether oxygens (including phenoxy) is 1. The van der Waals surface area contributed by atoms with Gasteiger partial charge in [0.2, 0.25) is 0 Å². The molecule has 11 rings (SSSR count). The molecule has 2 heteroatoms. The largest absolute Gasteiger partial charge is 0.457 e. The zero-order chi connectivity index (χ0) is 37.8. The van der Waals surface area contributed by atoms with E-state index in [-0.39, 0.29) is 0 Å². The standard InChI is InChI=1S/C55H37NO/c1-3-19-38(20-4-1)41-23-11-16-32-51(41)56(52-33-17-12-24-42(52)39-21-5-2-6-22-39)40-35-36-54-50(37-40)55(49-31-15-18-34-53(49)57-54)47-29-13-9-27-45(47)43-25-7-8-26-44(43)46-28-10-14-30-48(46)55/h1-37H. The van der Waals surface area contributed by atoms with E-state index in [0.717, 1.165) is 61.9 Å². The summed E-state index contributed by atoms with van der Waals surface area (Å²) in [6.45, 7) is 0. The van der Waals surface area contributed by atoms with E-state index in [1.54, 1.807) is 0 Å². The fraction of sp³-hybridized carbons (Fsp3) is 0.0182. The Balaban J connectivity index is 1.26. The molecule has 1 heterocycles. The molecule has 0 fully saturated rings. The van der Waals surface area contributed by atoms with Crippen LogP contribution in [-0.2, 0) is 5.41 Å². The second kappa shape index (κ2) is 13.4. The Kier molecular flexibility index (Phi) is 7.75. The summed E-state index contributed by atoms with van der Waals surface area (Å²) in [4.78, 5) is 2.45. The maximum atomic E-state index is 6.97. The van der Waals surface area contributed by atoms with Gasteiger partial charge < -0.3 is 9.64 Å². The molecule has 9 aromatic carbocycles. The minimum atomic E-state index is -0.712. The van der Waals surface area contributed by atoms with Crippen molar-refractivity contribution in [3.63, 3.8) is 0 Å². The number of rotatable bonds is 5. The van der Waals surface area contributed by atoms with Gasteiger partial charge in [-0.1, -0.05) is 188 Å². The first-order valence-corrected chi connectivity index (χ1v) is 19.6. The molecule has 0 aromatic heterocycles. The molecule has 2 nitrogen and oxygen atoms in total. The highest BCUT2D eigenvalue weighted by Crippen LogP contribution is 2.61. The lowest BCUT2D eigenvalue weighted by molar-refractivity contribution is 0.435. The molecule has 57 heavy (non-hydrogen) atoms. The van der Waals surface area contributed by atoms with Gasteiger partial charge in [0.15, 0.2) is 0 Å². The van der Waals surface area contributed by atoms with Crippen LogP contribution in [0.5, 0.6) is 11.5 Å². The number of hydrogen-bond donors (Lipinski definition) is 0. The van der Waals surface area contributed by atoms with Gasteiger partial charge in [-0.3, -0.25) is 0 Å². The number of anilines is 3. The van der Waals surface area contributed by atoms with E-state index in [1.165, 1.54) is 33.4 Å². The summed E-state index contributed by atoms with van der Waals surface area (Å²) < 4.78 is 6.97. The van der Waals surface area contributed by atoms with Gasteiger partial charge in [0.1, 0.15) is 11.5 Å². The van der Waals surface area contributed by atoms with Crippen LogP contribution in [0, 0.1) is 0 Å². The molecule has 9 aromatic rings. The molecular weight excluding hydrogens is 691 g/mol. The van der Waals surface area contributed by atoms with Crippen molar-refractivity contribution < 1.29 is 4.74 Å². The minimum absolute atomic E-state index is 0.712. The molecule has 0 atom stereocenters. The van der Waals surface area contributed by atoms with E-state index in [0.29, 0.717) is 0 Å². The van der Waals surface area contributed by atoms with Gasteiger partial charge >= 0.3 is 0 Å². The van der Waals surface area contributed by atoms with Crippen molar-refractivity contribution in [1.82, 2.24) is 0 Å². The molecule has 268 valence electrons. The lowest BCUT2D eigenvalue weighted by Crippen LogP contribution is -2.35. The van der Waals surface area contributed by atoms with E-state index in [2.05, 4.69) is 229 Å². The van der Waals surface area contributed by atoms with Crippen molar-refractivity contribution in [3.8, 4) is 56.0 Å². The Morgan fingerprint density at radius 2 is 0.702 bits per heavy atom. The van der Waals surface area contributed by atoms with Crippen molar-refractivity contribution in [2.45, 2.75) is 5.41 Å². The van der Waals surface area contributed by atoms with Gasteiger partial charge in [0, 0.05) is 27.9 Å². The first-order valence-electron chi connectivity index (χ1n) is 19.6. The Labute approximate surface area is 333 Å². The molecule has 1 aliphatic carbocycles. The summed E-state index contributed by atoms with van der Waals surface area (Å²) >= 11 is 0. The molecule has 1 aliphatic heterocycles. The summed E-state index contributed by atoms with van der Waals surface area (Å²) in [7, 11) is 0. The zero-order valence-corrected chi connectivity index (χ0v) is 31.2. The van der Waals surface area contributed by atoms with Gasteiger partial charge in [0.05, 0.1) is 16.8 Å². The Hall–Kier alpha value is -7.42. The van der Waals surface area contributed by atoms with E-state index in [1.807, 2.05) is 0 Å². The predicted molar refractivity (Wildman–Crippen MR) is 235 cm³/mol. The van der Waals surface area contributed by atoms with Crippen LogP contribution in [0.25, 0.3) is 44.5 Å². The summed E-state index contributed by atoms with van der Waals surface area (Å²) in [5.74, 6) is 1.72. The number of nitrogens with zero attached hydrogens (tertiary/aromatic N) is 1. The van der Waals surface area contributed by atoms with Gasteiger partial charge in [-0.25, -0.2) is 0 Å². The molecule has 0 saturated carbocycles. The number of benzene rings is 9. The first kappa shape index (κ1) is 33.0. The molecular formula is C55H37NO. The SMILES string of the molecule is c1ccc(-c2ccccc2N(c2ccc3c(c2)C2(c4ccccc4O3)c3ccccc3-c3ccccc3-c3ccccc32)c2ccccc2-c2ccccc2)cc1. The van der Waals surface area contributed by atoms with Crippen LogP contribution >= 0.6 is 0 Å². The monoisotopic (exact) mass is 727 g/mol. The van der Waals surface area contributed by atoms with Crippen molar-refractivity contribution in [1.29, 1.82) is 0 Å². The average molecular weight is 728 g/mol. The third-order valence-corrected chi connectivity index (χ3v) is 11.8. The summed E-state index contributed by atoms with van der Waals surface area (Å²) in [5.41, 5.74) is 16.7. The van der Waals surface area contributed by atoms with E-state index >= 15 is 0 Å². The first-order chi connectivity index (χ1) is 28.3. The quantitative estimate of drug-likeness (QED) is 0.175. The van der Waals surface area contributed by atoms with E-state index in [9.17, 15) is 0 Å². The summed E-state index contributed by atoms with van der Waals surface area (Å²) in [5, 5.41) is 0. The summed E-state index contributed by atoms with van der Waals surface area (Å²) in [6.07, 6.45) is 0. The molecule has 0 bridgehead atoms. The van der Waals surface area contributed by atoms with Crippen LogP contribution in [0.2, 0.25) is 0 Å². The number of hydrogen-bond acceptors (Lipinski definition) is 2. The van der Waals surface area contributed by atoms with Gasteiger partial charge in [0.25, 0.3) is 0 Å². The van der Waals surface area contributed by atoms with Gasteiger partial charge in [-0.2, -0.15) is 0 Å². The summed E-state index contributed by atoms with van der Waals surface area (Å²) in [6, 6.07) is 81.2. The highest BCUT2D eigenvalue weighted by molar-refractivity contribution is 5.96. The lowest BCUT2D eigenvalue weighted by atomic mass is 9.62. The topological polar surface area (TPSA) is 12.5 Å². The predicted octanol–water partition coefficient (Wildman–Crippen LogP) is 14.6. The van der Waals surface area contributed by atoms with Gasteiger partial charge in [-0.05, 0) is 80.9 Å². The van der Waals surface area contributed by atoms with Crippen LogP contribution in [0.3, 0.4) is 0 Å². The molecule has 0 amide bonds. The third kappa shape index (κ3) is 5.11. The fourth-order valence-electron chi connectivity index (χ4n) is 9.41. The Bertz CT molecular complexity index is 2800. The van der Waals surface area contributed by atoms with E-state index < -0.39 is 5.41 Å². The normalized spacial score (nSPS) is 12.8. The molecule has 1 spiro atoms. The van der Waals surface area contributed by atoms with Crippen LogP contribution < -0.4 is 9.64 Å². The second-order valence-corrected chi connectivity index (χ2v) is 14.8. The highest BCUT2D eigenvalue weighted by Gasteiger charge is 2.49. The lowest BCUT2D eigenvalue weighted by Gasteiger charge is -2.43. The highest BCUT2D eigenvalue weighted by atomic mass is 16.5. The average Bonchev–Trinajstić information content (AvgIpc) is 3.39. The number of para-hydroxylation sites is 3. The minimum Gasteiger partial charge on any atom is -0.457 e. The second-order valence-electron chi connectivity index (χ2n) is 14.8. The molecule has 2 aliphatic rings. The van der Waals surface area contributed by atoms with Crippen molar-refractivity contribution in [2.75, 3.05) is 4.90 Å². The molecule has 0 radical (unpaired) electrons. The van der Waals surface area contributed by atoms with Crippen molar-refractivity contribution in [3.05, 3.63) is 247 Å². The molecule has 0 unspecified atom stereocenters. The maximum Gasteiger partial charge on any atom is 0.132 e. The maximum absolute atomic E-state index is 6.97. The number of fused-ring (bicyclic) bond motifs is 11. The molecule has 0 saturated heterocycles.